The Morgan fingerprint density at radius 3 is 2.68 bits per heavy atom. The van der Waals surface area contributed by atoms with E-state index in [4.69, 9.17) is 11.6 Å². The normalized spacial score (nSPS) is 14.8. The fourth-order valence-corrected chi connectivity index (χ4v) is 2.84. The van der Waals surface area contributed by atoms with Gasteiger partial charge in [0.2, 0.25) is 0 Å². The van der Waals surface area contributed by atoms with E-state index in [2.05, 4.69) is 20.6 Å². The highest BCUT2D eigenvalue weighted by molar-refractivity contribution is 6.30. The minimum Gasteiger partial charge on any atom is -0.352 e. The zero-order valence-electron chi connectivity index (χ0n) is 13.9. The Balaban J connectivity index is 0.00000225. The average molecular weight is 384 g/mol. The van der Waals surface area contributed by atoms with E-state index in [1.165, 1.54) is 0 Å². The molecule has 1 aromatic heterocycles. The molecule has 136 valence electrons. The van der Waals surface area contributed by atoms with Crippen molar-refractivity contribution in [2.45, 2.75) is 6.42 Å². The summed E-state index contributed by atoms with van der Waals surface area (Å²) >= 11 is 5.88. The summed E-state index contributed by atoms with van der Waals surface area (Å²) in [5, 5.41) is 11.2. The minimum absolute atomic E-state index is 0. The number of rotatable bonds is 6. The Labute approximate surface area is 158 Å². The van der Waals surface area contributed by atoms with E-state index in [9.17, 15) is 4.79 Å². The van der Waals surface area contributed by atoms with Gasteiger partial charge in [-0.15, -0.1) is 12.4 Å². The number of hydrogen-bond donors (Lipinski definition) is 2. The predicted octanol–water partition coefficient (Wildman–Crippen LogP) is 1.97. The number of nitrogens with one attached hydrogen (secondary N) is 2. The summed E-state index contributed by atoms with van der Waals surface area (Å²) in [4.78, 5) is 14.6. The van der Waals surface area contributed by atoms with E-state index < -0.39 is 0 Å². The number of benzene rings is 1. The number of hydrogen-bond acceptors (Lipinski definition) is 4. The second-order valence-electron chi connectivity index (χ2n) is 5.85. The van der Waals surface area contributed by atoms with E-state index in [1.54, 1.807) is 29.2 Å². The van der Waals surface area contributed by atoms with Gasteiger partial charge in [-0.05, 0) is 37.2 Å². The minimum atomic E-state index is -0.0875. The first-order valence-electron chi connectivity index (χ1n) is 8.24. The summed E-state index contributed by atoms with van der Waals surface area (Å²) in [5.74, 6) is -0.0875. The standard InChI is InChI=1S/C17H22ClN5O.ClH/c18-15-2-4-16(5-3-15)23-13-14(12-21-23)17(24)20-6-1-9-22-10-7-19-8-11-22;/h2-5,12-13,19H,1,6-11H2,(H,20,24);1H. The highest BCUT2D eigenvalue weighted by Gasteiger charge is 2.11. The molecule has 0 saturated carbocycles. The second-order valence-corrected chi connectivity index (χ2v) is 6.29. The van der Waals surface area contributed by atoms with Crippen LogP contribution in [-0.2, 0) is 0 Å². The van der Waals surface area contributed by atoms with Crippen LogP contribution in [0.4, 0.5) is 0 Å². The molecule has 0 radical (unpaired) electrons. The molecule has 1 amide bonds. The number of nitrogens with zero attached hydrogens (tertiary/aromatic N) is 3. The van der Waals surface area contributed by atoms with E-state index in [1.807, 2.05) is 12.1 Å². The van der Waals surface area contributed by atoms with Crippen LogP contribution >= 0.6 is 24.0 Å². The quantitative estimate of drug-likeness (QED) is 0.748. The number of carbonyl (C=O) groups is 1. The topological polar surface area (TPSA) is 62.2 Å². The van der Waals surface area contributed by atoms with E-state index in [-0.39, 0.29) is 18.3 Å². The summed E-state index contributed by atoms with van der Waals surface area (Å²) in [6, 6.07) is 7.33. The van der Waals surface area contributed by atoms with Gasteiger partial charge in [-0.2, -0.15) is 5.10 Å². The van der Waals surface area contributed by atoms with E-state index in [0.717, 1.165) is 44.8 Å². The van der Waals surface area contributed by atoms with Crippen molar-refractivity contribution in [3.05, 3.63) is 47.2 Å². The molecule has 8 heteroatoms. The third-order valence-electron chi connectivity index (χ3n) is 4.08. The van der Waals surface area contributed by atoms with E-state index >= 15 is 0 Å². The summed E-state index contributed by atoms with van der Waals surface area (Å²) < 4.78 is 1.67. The van der Waals surface area contributed by atoms with Crippen LogP contribution in [0.25, 0.3) is 5.69 Å². The summed E-state index contributed by atoms with van der Waals surface area (Å²) in [7, 11) is 0. The Hall–Kier alpha value is -1.60. The summed E-state index contributed by atoms with van der Waals surface area (Å²) in [5.41, 5.74) is 1.43. The highest BCUT2D eigenvalue weighted by Crippen LogP contribution is 2.13. The lowest BCUT2D eigenvalue weighted by Crippen LogP contribution is -2.44. The molecule has 1 aliphatic heterocycles. The predicted molar refractivity (Wildman–Crippen MR) is 102 cm³/mol. The van der Waals surface area contributed by atoms with Gasteiger partial charge in [0.15, 0.2) is 0 Å². The first-order valence-corrected chi connectivity index (χ1v) is 8.62. The van der Waals surface area contributed by atoms with Crippen molar-refractivity contribution in [2.24, 2.45) is 0 Å². The third-order valence-corrected chi connectivity index (χ3v) is 4.33. The molecule has 1 aliphatic rings. The SMILES string of the molecule is Cl.O=C(NCCCN1CCNCC1)c1cnn(-c2ccc(Cl)cc2)c1. The van der Waals surface area contributed by atoms with Crippen LogP contribution < -0.4 is 10.6 Å². The summed E-state index contributed by atoms with van der Waals surface area (Å²) in [6.07, 6.45) is 4.27. The molecule has 25 heavy (non-hydrogen) atoms. The molecule has 6 nitrogen and oxygen atoms in total. The van der Waals surface area contributed by atoms with Gasteiger partial charge in [-0.3, -0.25) is 4.79 Å². The van der Waals surface area contributed by atoms with Gasteiger partial charge >= 0.3 is 0 Å². The monoisotopic (exact) mass is 383 g/mol. The fourth-order valence-electron chi connectivity index (χ4n) is 2.72. The Morgan fingerprint density at radius 2 is 1.96 bits per heavy atom. The molecule has 2 N–H and O–H groups in total. The maximum atomic E-state index is 12.2. The largest absolute Gasteiger partial charge is 0.352 e. The average Bonchev–Trinajstić information content (AvgIpc) is 3.10. The lowest BCUT2D eigenvalue weighted by molar-refractivity contribution is 0.0951. The van der Waals surface area contributed by atoms with Crippen molar-refractivity contribution in [3.8, 4) is 5.69 Å². The molecular weight excluding hydrogens is 361 g/mol. The van der Waals surface area contributed by atoms with Gasteiger partial charge in [-0.25, -0.2) is 4.68 Å². The van der Waals surface area contributed by atoms with Crippen LogP contribution in [0, 0.1) is 0 Å². The van der Waals surface area contributed by atoms with Crippen molar-refractivity contribution >= 4 is 29.9 Å². The van der Waals surface area contributed by atoms with Crippen molar-refractivity contribution in [1.29, 1.82) is 0 Å². The lowest BCUT2D eigenvalue weighted by atomic mass is 10.3. The number of aromatic nitrogens is 2. The van der Waals surface area contributed by atoms with Crippen LogP contribution in [-0.4, -0.2) is 59.9 Å². The highest BCUT2D eigenvalue weighted by atomic mass is 35.5. The summed E-state index contributed by atoms with van der Waals surface area (Å²) in [6.45, 7) is 5.97. The molecule has 1 aromatic carbocycles. The van der Waals surface area contributed by atoms with Crippen LogP contribution in [0.2, 0.25) is 5.02 Å². The van der Waals surface area contributed by atoms with E-state index in [0.29, 0.717) is 17.1 Å². The van der Waals surface area contributed by atoms with Crippen LogP contribution in [0.1, 0.15) is 16.8 Å². The second kappa shape index (κ2) is 9.77. The molecule has 2 aromatic rings. The van der Waals surface area contributed by atoms with Gasteiger partial charge in [0.25, 0.3) is 5.91 Å². The molecule has 1 fully saturated rings. The zero-order valence-corrected chi connectivity index (χ0v) is 15.5. The van der Waals surface area contributed by atoms with Gasteiger partial charge in [0, 0.05) is 43.9 Å². The van der Waals surface area contributed by atoms with Gasteiger partial charge in [0.1, 0.15) is 0 Å². The number of carbonyl (C=O) groups excluding carboxylic acids is 1. The third kappa shape index (κ3) is 5.71. The lowest BCUT2D eigenvalue weighted by Gasteiger charge is -2.27. The Morgan fingerprint density at radius 1 is 1.24 bits per heavy atom. The van der Waals surface area contributed by atoms with Crippen molar-refractivity contribution in [2.75, 3.05) is 39.3 Å². The van der Waals surface area contributed by atoms with Gasteiger partial charge in [-0.1, -0.05) is 11.6 Å². The maximum Gasteiger partial charge on any atom is 0.254 e. The molecule has 2 heterocycles. The first kappa shape index (κ1) is 19.7. The van der Waals surface area contributed by atoms with Gasteiger partial charge in [0.05, 0.1) is 17.4 Å². The molecule has 3 rings (SSSR count). The van der Waals surface area contributed by atoms with Crippen molar-refractivity contribution < 1.29 is 4.79 Å². The fraction of sp³-hybridized carbons (Fsp3) is 0.412. The Bertz CT molecular complexity index is 668. The molecule has 0 spiro atoms. The van der Waals surface area contributed by atoms with Crippen molar-refractivity contribution in [1.82, 2.24) is 25.3 Å². The number of piperazine rings is 1. The van der Waals surface area contributed by atoms with Crippen molar-refractivity contribution in [3.63, 3.8) is 0 Å². The molecule has 0 aliphatic carbocycles. The van der Waals surface area contributed by atoms with Crippen LogP contribution in [0.5, 0.6) is 0 Å². The molecular formula is C17H23Cl2N5O. The molecule has 1 saturated heterocycles. The Kier molecular flexibility index (Phi) is 7.71. The zero-order chi connectivity index (χ0) is 16.8. The van der Waals surface area contributed by atoms with Crippen LogP contribution in [0.3, 0.4) is 0 Å². The molecule has 0 unspecified atom stereocenters. The molecule has 0 atom stereocenters. The van der Waals surface area contributed by atoms with Crippen LogP contribution in [0.15, 0.2) is 36.7 Å². The van der Waals surface area contributed by atoms with Gasteiger partial charge < -0.3 is 15.5 Å². The number of amides is 1. The maximum absolute atomic E-state index is 12.2. The number of halogens is 2. The molecule has 0 bridgehead atoms. The first-order chi connectivity index (χ1) is 11.7. The smallest absolute Gasteiger partial charge is 0.254 e.